The van der Waals surface area contributed by atoms with E-state index >= 15 is 0 Å². The molecule has 0 aromatic heterocycles. The molecule has 0 bridgehead atoms. The lowest BCUT2D eigenvalue weighted by Crippen LogP contribution is -2.34. The van der Waals surface area contributed by atoms with Crippen molar-refractivity contribution in [2.75, 3.05) is 12.4 Å². The Labute approximate surface area is 71.4 Å². The van der Waals surface area contributed by atoms with Crippen LogP contribution < -0.4 is 0 Å². The minimum absolute atomic E-state index is 0.104. The Morgan fingerprint density at radius 2 is 2.55 bits per heavy atom. The molecule has 1 rings (SSSR count). The average molecular weight is 174 g/mol. The van der Waals surface area contributed by atoms with Crippen molar-refractivity contribution < 1.29 is 9.90 Å². The van der Waals surface area contributed by atoms with Gasteiger partial charge in [0.1, 0.15) is 6.29 Å². The lowest BCUT2D eigenvalue weighted by atomic mass is 9.91. The van der Waals surface area contributed by atoms with Gasteiger partial charge >= 0.3 is 0 Å². The number of hydrogen-bond acceptors (Lipinski definition) is 3. The van der Waals surface area contributed by atoms with Crippen LogP contribution in [0.2, 0.25) is 0 Å². The second-order valence-electron chi connectivity index (χ2n) is 3.11. The Balaban J connectivity index is 2.65. The first-order chi connectivity index (χ1) is 5.25. The maximum atomic E-state index is 10.8. The molecule has 0 amide bonds. The number of aliphatic hydroxyl groups excluding tert-OH is 1. The van der Waals surface area contributed by atoms with E-state index in [4.69, 9.17) is 5.11 Å². The summed E-state index contributed by atoms with van der Waals surface area (Å²) in [7, 11) is 0. The average Bonchev–Trinajstić information content (AvgIpc) is 2.52. The second kappa shape index (κ2) is 3.59. The predicted molar refractivity (Wildman–Crippen MR) is 46.7 cm³/mol. The first kappa shape index (κ1) is 9.07. The summed E-state index contributed by atoms with van der Waals surface area (Å²) in [6.45, 7) is 2.05. The van der Waals surface area contributed by atoms with Crippen LogP contribution in [-0.2, 0) is 4.79 Å². The van der Waals surface area contributed by atoms with E-state index in [0.717, 1.165) is 24.9 Å². The van der Waals surface area contributed by atoms with Gasteiger partial charge in [-0.2, -0.15) is 0 Å². The fraction of sp³-hybridized carbons (Fsp3) is 0.875. The molecule has 3 heteroatoms. The molecule has 1 aliphatic heterocycles. The molecule has 0 aliphatic carbocycles. The zero-order valence-electron chi connectivity index (χ0n) is 6.75. The van der Waals surface area contributed by atoms with Crippen LogP contribution in [0.4, 0.5) is 0 Å². The summed E-state index contributed by atoms with van der Waals surface area (Å²) in [4.78, 5) is 10.8. The number of rotatable bonds is 3. The van der Waals surface area contributed by atoms with E-state index in [1.807, 2.05) is 6.92 Å². The van der Waals surface area contributed by atoms with Crippen molar-refractivity contribution >= 4 is 18.0 Å². The van der Waals surface area contributed by atoms with Crippen LogP contribution in [0.25, 0.3) is 0 Å². The highest BCUT2D eigenvalue weighted by Gasteiger charge is 2.39. The summed E-state index contributed by atoms with van der Waals surface area (Å²) in [5.74, 6) is 1.16. The molecule has 0 saturated carbocycles. The van der Waals surface area contributed by atoms with Gasteiger partial charge in [-0.15, -0.1) is 11.8 Å². The van der Waals surface area contributed by atoms with Crippen molar-refractivity contribution in [3.05, 3.63) is 0 Å². The summed E-state index contributed by atoms with van der Waals surface area (Å²) >= 11 is 1.69. The fourth-order valence-corrected chi connectivity index (χ4v) is 2.82. The van der Waals surface area contributed by atoms with Crippen LogP contribution in [-0.4, -0.2) is 28.5 Å². The van der Waals surface area contributed by atoms with Gasteiger partial charge < -0.3 is 9.90 Å². The summed E-state index contributed by atoms with van der Waals surface area (Å²) in [5.41, 5.74) is 0. The second-order valence-corrected chi connectivity index (χ2v) is 4.57. The van der Waals surface area contributed by atoms with Crippen molar-refractivity contribution in [3.63, 3.8) is 0 Å². The van der Waals surface area contributed by atoms with Gasteiger partial charge in [0.2, 0.25) is 0 Å². The molecule has 1 aliphatic rings. The van der Waals surface area contributed by atoms with Crippen LogP contribution in [0.15, 0.2) is 0 Å². The van der Waals surface area contributed by atoms with Crippen LogP contribution in [0.3, 0.4) is 0 Å². The highest BCUT2D eigenvalue weighted by atomic mass is 32.2. The number of hydrogen-bond donors (Lipinski definition) is 1. The molecule has 1 fully saturated rings. The minimum atomic E-state index is -0.269. The zero-order valence-corrected chi connectivity index (χ0v) is 7.56. The Morgan fingerprint density at radius 3 is 2.91 bits per heavy atom. The fourth-order valence-electron chi connectivity index (χ4n) is 1.44. The molecule has 1 saturated heterocycles. The quantitative estimate of drug-likeness (QED) is 0.650. The summed E-state index contributed by atoms with van der Waals surface area (Å²) in [6, 6.07) is 0. The van der Waals surface area contributed by atoms with E-state index in [9.17, 15) is 4.79 Å². The van der Waals surface area contributed by atoms with E-state index in [1.54, 1.807) is 11.8 Å². The molecule has 0 aromatic carbocycles. The van der Waals surface area contributed by atoms with Gasteiger partial charge in [0.05, 0.1) is 4.75 Å². The predicted octanol–water partition coefficient (Wildman–Crippen LogP) is 1.08. The first-order valence-electron chi connectivity index (χ1n) is 3.96. The van der Waals surface area contributed by atoms with E-state index in [-0.39, 0.29) is 17.3 Å². The minimum Gasteiger partial charge on any atom is -0.396 e. The highest BCUT2D eigenvalue weighted by molar-refractivity contribution is 8.01. The standard InChI is InChI=1S/C8H14O2S/c1-7(5-9)8(6-10)3-2-4-11-8/h6-7,9H,2-5H2,1H3. The maximum Gasteiger partial charge on any atom is 0.136 e. The molecule has 1 N–H and O–H groups in total. The van der Waals surface area contributed by atoms with Crippen LogP contribution >= 0.6 is 11.8 Å². The molecular weight excluding hydrogens is 160 g/mol. The third-order valence-electron chi connectivity index (χ3n) is 2.39. The van der Waals surface area contributed by atoms with Gasteiger partial charge in [0.25, 0.3) is 0 Å². The molecule has 2 unspecified atom stereocenters. The molecule has 0 aromatic rings. The van der Waals surface area contributed by atoms with Gasteiger partial charge in [0, 0.05) is 12.5 Å². The number of aliphatic hydroxyl groups is 1. The summed E-state index contributed by atoms with van der Waals surface area (Å²) < 4.78 is -0.269. The number of carbonyl (C=O) groups excluding carboxylic acids is 1. The maximum absolute atomic E-state index is 10.8. The molecule has 1 heterocycles. The summed E-state index contributed by atoms with van der Waals surface area (Å²) in [5, 5.41) is 8.92. The molecule has 0 radical (unpaired) electrons. The van der Waals surface area contributed by atoms with E-state index < -0.39 is 0 Å². The van der Waals surface area contributed by atoms with Gasteiger partial charge in [-0.1, -0.05) is 6.92 Å². The van der Waals surface area contributed by atoms with Gasteiger partial charge in [-0.3, -0.25) is 0 Å². The Morgan fingerprint density at radius 1 is 1.82 bits per heavy atom. The number of thioether (sulfide) groups is 1. The van der Waals surface area contributed by atoms with E-state index in [2.05, 4.69) is 0 Å². The SMILES string of the molecule is CC(CO)C1(C=O)CCCS1. The van der Waals surface area contributed by atoms with Gasteiger partial charge in [-0.25, -0.2) is 0 Å². The third kappa shape index (κ3) is 1.59. The Hall–Kier alpha value is -0.0200. The van der Waals surface area contributed by atoms with Crippen molar-refractivity contribution in [2.24, 2.45) is 5.92 Å². The molecular formula is C8H14O2S. The van der Waals surface area contributed by atoms with Crippen molar-refractivity contribution in [1.82, 2.24) is 0 Å². The smallest absolute Gasteiger partial charge is 0.136 e. The topological polar surface area (TPSA) is 37.3 Å². The molecule has 64 valence electrons. The normalized spacial score (nSPS) is 33.6. The largest absolute Gasteiger partial charge is 0.396 e. The lowest BCUT2D eigenvalue weighted by molar-refractivity contribution is -0.111. The van der Waals surface area contributed by atoms with Crippen molar-refractivity contribution in [2.45, 2.75) is 24.5 Å². The Kier molecular flexibility index (Phi) is 2.96. The molecule has 2 atom stereocenters. The number of aldehydes is 1. The Bertz CT molecular complexity index is 141. The summed E-state index contributed by atoms with van der Waals surface area (Å²) in [6.07, 6.45) is 3.06. The molecule has 2 nitrogen and oxygen atoms in total. The monoisotopic (exact) mass is 174 g/mol. The van der Waals surface area contributed by atoms with Crippen LogP contribution in [0.5, 0.6) is 0 Å². The van der Waals surface area contributed by atoms with Crippen LogP contribution in [0.1, 0.15) is 19.8 Å². The van der Waals surface area contributed by atoms with Crippen molar-refractivity contribution in [3.8, 4) is 0 Å². The zero-order chi connectivity index (χ0) is 8.32. The van der Waals surface area contributed by atoms with Crippen molar-refractivity contribution in [1.29, 1.82) is 0 Å². The van der Waals surface area contributed by atoms with E-state index in [1.165, 1.54) is 0 Å². The lowest BCUT2D eigenvalue weighted by Gasteiger charge is -2.26. The van der Waals surface area contributed by atoms with Crippen LogP contribution in [0, 0.1) is 5.92 Å². The highest BCUT2D eigenvalue weighted by Crippen LogP contribution is 2.41. The molecule has 11 heavy (non-hydrogen) atoms. The van der Waals surface area contributed by atoms with E-state index in [0.29, 0.717) is 0 Å². The third-order valence-corrected chi connectivity index (χ3v) is 4.12. The molecule has 0 spiro atoms. The van der Waals surface area contributed by atoms with Gasteiger partial charge in [-0.05, 0) is 18.6 Å². The van der Waals surface area contributed by atoms with Gasteiger partial charge in [0.15, 0.2) is 0 Å². The first-order valence-corrected chi connectivity index (χ1v) is 4.95. The number of carbonyl (C=O) groups is 1.